The molecule has 0 atom stereocenters. The normalized spacial score (nSPS) is 15.9. The molecular weight excluding hydrogens is 260 g/mol. The first-order chi connectivity index (χ1) is 9.04. The highest BCUT2D eigenvalue weighted by Gasteiger charge is 2.11. The van der Waals surface area contributed by atoms with Crippen LogP contribution in [0.3, 0.4) is 0 Å². The van der Waals surface area contributed by atoms with Crippen molar-refractivity contribution in [3.8, 4) is 0 Å². The molecule has 106 valence electrons. The van der Waals surface area contributed by atoms with Crippen LogP contribution in [0.2, 0.25) is 0 Å². The Morgan fingerprint density at radius 1 is 1.16 bits per heavy atom. The maximum absolute atomic E-state index is 11.0. The lowest BCUT2D eigenvalue weighted by molar-refractivity contribution is 0.596. The maximum Gasteiger partial charge on any atom is 0.148 e. The zero-order valence-corrected chi connectivity index (χ0v) is 12.2. The summed E-state index contributed by atoms with van der Waals surface area (Å²) >= 11 is 0. The van der Waals surface area contributed by atoms with Gasteiger partial charge in [0.25, 0.3) is 0 Å². The van der Waals surface area contributed by atoms with E-state index in [2.05, 4.69) is 34.5 Å². The Hall–Kier alpha value is -1.07. The summed E-state index contributed by atoms with van der Waals surface area (Å²) in [5, 5.41) is 3.15. The predicted molar refractivity (Wildman–Crippen MR) is 79.3 cm³/mol. The third-order valence-corrected chi connectivity index (χ3v) is 4.33. The summed E-state index contributed by atoms with van der Waals surface area (Å²) in [6, 6.07) is 8.53. The number of anilines is 1. The fourth-order valence-corrected chi connectivity index (χ4v) is 2.81. The van der Waals surface area contributed by atoms with Gasteiger partial charge >= 0.3 is 0 Å². The van der Waals surface area contributed by atoms with E-state index in [1.807, 2.05) is 0 Å². The van der Waals surface area contributed by atoms with Crippen LogP contribution in [-0.2, 0) is 16.4 Å². The van der Waals surface area contributed by atoms with Crippen LogP contribution in [0.4, 0.5) is 5.69 Å². The molecule has 0 aliphatic carbocycles. The van der Waals surface area contributed by atoms with Crippen molar-refractivity contribution in [3.05, 3.63) is 29.8 Å². The van der Waals surface area contributed by atoms with E-state index in [1.54, 1.807) is 0 Å². The van der Waals surface area contributed by atoms with E-state index in [9.17, 15) is 8.42 Å². The number of hydrogen-bond donors (Lipinski definition) is 1. The van der Waals surface area contributed by atoms with Gasteiger partial charge in [0.2, 0.25) is 0 Å². The molecule has 0 saturated carbocycles. The first-order valence-electron chi connectivity index (χ1n) is 6.77. The first kappa shape index (κ1) is 14.3. The second-order valence-corrected chi connectivity index (χ2v) is 7.43. The molecular formula is C14H22N2O2S. The van der Waals surface area contributed by atoms with Crippen LogP contribution in [0.25, 0.3) is 0 Å². The lowest BCUT2D eigenvalue weighted by Crippen LogP contribution is -2.22. The molecule has 1 heterocycles. The van der Waals surface area contributed by atoms with Crippen LogP contribution in [0.15, 0.2) is 24.3 Å². The molecule has 0 spiro atoms. The van der Waals surface area contributed by atoms with E-state index in [0.717, 1.165) is 19.6 Å². The molecule has 0 amide bonds. The summed E-state index contributed by atoms with van der Waals surface area (Å²) in [4.78, 5) is 2.40. The molecule has 1 aromatic carbocycles. The molecule has 0 bridgehead atoms. The minimum Gasteiger partial charge on any atom is -0.372 e. The van der Waals surface area contributed by atoms with Gasteiger partial charge in [0, 0.05) is 38.1 Å². The lowest BCUT2D eigenvalue weighted by Gasteiger charge is -2.17. The van der Waals surface area contributed by atoms with Crippen LogP contribution < -0.4 is 10.2 Å². The van der Waals surface area contributed by atoms with Crippen molar-refractivity contribution in [2.24, 2.45) is 0 Å². The van der Waals surface area contributed by atoms with Gasteiger partial charge in [-0.15, -0.1) is 0 Å². The third-order valence-electron chi connectivity index (χ3n) is 3.39. The van der Waals surface area contributed by atoms with Gasteiger partial charge in [-0.3, -0.25) is 0 Å². The smallest absolute Gasteiger partial charge is 0.148 e. The quantitative estimate of drug-likeness (QED) is 0.802. The fraction of sp³-hybridized carbons (Fsp3) is 0.571. The van der Waals surface area contributed by atoms with Crippen molar-refractivity contribution in [1.29, 1.82) is 0 Å². The number of nitrogens with zero attached hydrogens (tertiary/aromatic N) is 1. The van der Waals surface area contributed by atoms with Crippen molar-refractivity contribution in [3.63, 3.8) is 0 Å². The van der Waals surface area contributed by atoms with E-state index in [1.165, 1.54) is 30.3 Å². The minimum absolute atomic E-state index is 0.193. The Bertz CT molecular complexity index is 491. The van der Waals surface area contributed by atoms with Crippen LogP contribution in [-0.4, -0.2) is 40.1 Å². The maximum atomic E-state index is 11.0. The Balaban J connectivity index is 1.78. The van der Waals surface area contributed by atoms with Crippen LogP contribution in [0.1, 0.15) is 18.4 Å². The van der Waals surface area contributed by atoms with E-state index < -0.39 is 9.84 Å². The molecule has 1 fully saturated rings. The fourth-order valence-electron chi connectivity index (χ4n) is 2.29. The van der Waals surface area contributed by atoms with Gasteiger partial charge in [-0.1, -0.05) is 12.1 Å². The van der Waals surface area contributed by atoms with Crippen LogP contribution in [0.5, 0.6) is 0 Å². The van der Waals surface area contributed by atoms with Gasteiger partial charge < -0.3 is 10.2 Å². The van der Waals surface area contributed by atoms with Gasteiger partial charge in [0.05, 0.1) is 5.75 Å². The summed E-state index contributed by atoms with van der Waals surface area (Å²) in [5.41, 5.74) is 2.48. The van der Waals surface area contributed by atoms with Gasteiger partial charge in [-0.2, -0.15) is 0 Å². The highest BCUT2D eigenvalue weighted by Crippen LogP contribution is 2.20. The summed E-state index contributed by atoms with van der Waals surface area (Å²) in [7, 11) is -2.87. The van der Waals surface area contributed by atoms with Crippen LogP contribution in [0, 0.1) is 0 Å². The first-order valence-corrected chi connectivity index (χ1v) is 8.83. The zero-order chi connectivity index (χ0) is 13.7. The summed E-state index contributed by atoms with van der Waals surface area (Å²) < 4.78 is 22.0. The average Bonchev–Trinajstić information content (AvgIpc) is 2.88. The highest BCUT2D eigenvalue weighted by molar-refractivity contribution is 7.90. The zero-order valence-electron chi connectivity index (χ0n) is 11.4. The Labute approximate surface area is 115 Å². The van der Waals surface area contributed by atoms with E-state index in [0.29, 0.717) is 6.54 Å². The number of rotatable bonds is 6. The van der Waals surface area contributed by atoms with Crippen molar-refractivity contribution in [2.45, 2.75) is 19.4 Å². The second-order valence-electron chi connectivity index (χ2n) is 5.17. The average molecular weight is 282 g/mol. The van der Waals surface area contributed by atoms with E-state index >= 15 is 0 Å². The Morgan fingerprint density at radius 2 is 1.79 bits per heavy atom. The largest absolute Gasteiger partial charge is 0.372 e. The lowest BCUT2D eigenvalue weighted by atomic mass is 10.2. The SMILES string of the molecule is CS(=O)(=O)CCNCc1ccc(N2CCCC2)cc1. The number of sulfone groups is 1. The number of benzene rings is 1. The molecule has 0 aromatic heterocycles. The van der Waals surface area contributed by atoms with Crippen LogP contribution >= 0.6 is 0 Å². The van der Waals surface area contributed by atoms with Crippen molar-refractivity contribution >= 4 is 15.5 Å². The summed E-state index contributed by atoms with van der Waals surface area (Å²) in [6.07, 6.45) is 3.84. The second kappa shape index (κ2) is 6.39. The van der Waals surface area contributed by atoms with Crippen molar-refractivity contribution in [1.82, 2.24) is 5.32 Å². The Kier molecular flexibility index (Phi) is 4.82. The summed E-state index contributed by atoms with van der Waals surface area (Å²) in [6.45, 7) is 3.54. The molecule has 1 aliphatic rings. The van der Waals surface area contributed by atoms with Crippen molar-refractivity contribution in [2.75, 3.05) is 36.5 Å². The molecule has 1 saturated heterocycles. The standard InChI is InChI=1S/C14H22N2O2S/c1-19(17,18)11-8-15-12-13-4-6-14(7-5-13)16-9-2-3-10-16/h4-7,15H,2-3,8-12H2,1H3. The molecule has 2 rings (SSSR count). The molecule has 0 unspecified atom stereocenters. The molecule has 19 heavy (non-hydrogen) atoms. The van der Waals surface area contributed by atoms with Gasteiger partial charge in [0.15, 0.2) is 0 Å². The van der Waals surface area contributed by atoms with E-state index in [4.69, 9.17) is 0 Å². The number of hydrogen-bond acceptors (Lipinski definition) is 4. The molecule has 5 heteroatoms. The monoisotopic (exact) mass is 282 g/mol. The molecule has 0 radical (unpaired) electrons. The van der Waals surface area contributed by atoms with Gasteiger partial charge in [-0.05, 0) is 30.5 Å². The van der Waals surface area contributed by atoms with Gasteiger partial charge in [-0.25, -0.2) is 8.42 Å². The third kappa shape index (κ3) is 4.84. The number of nitrogens with one attached hydrogen (secondary N) is 1. The van der Waals surface area contributed by atoms with Gasteiger partial charge in [0.1, 0.15) is 9.84 Å². The Morgan fingerprint density at radius 3 is 2.37 bits per heavy atom. The minimum atomic E-state index is -2.87. The molecule has 1 N–H and O–H groups in total. The highest BCUT2D eigenvalue weighted by atomic mass is 32.2. The predicted octanol–water partition coefficient (Wildman–Crippen LogP) is 1.42. The molecule has 4 nitrogen and oxygen atoms in total. The summed E-state index contributed by atoms with van der Waals surface area (Å²) in [5.74, 6) is 0.193. The topological polar surface area (TPSA) is 49.4 Å². The molecule has 1 aliphatic heterocycles. The van der Waals surface area contributed by atoms with E-state index in [-0.39, 0.29) is 5.75 Å². The van der Waals surface area contributed by atoms with Crippen molar-refractivity contribution < 1.29 is 8.42 Å². The molecule has 1 aromatic rings.